The first kappa shape index (κ1) is 13.8. The number of aromatic nitrogens is 3. The quantitative estimate of drug-likeness (QED) is 0.849. The molecule has 1 fully saturated rings. The Morgan fingerprint density at radius 3 is 2.95 bits per heavy atom. The number of hydrogen-bond donors (Lipinski definition) is 0. The highest BCUT2D eigenvalue weighted by Crippen LogP contribution is 2.26. The van der Waals surface area contributed by atoms with Gasteiger partial charge in [-0.2, -0.15) is 0 Å². The normalized spacial score (nSPS) is 18.8. The zero-order valence-corrected chi connectivity index (χ0v) is 12.5. The molecule has 1 saturated heterocycles. The molecule has 0 aromatic carbocycles. The first-order chi connectivity index (χ1) is 10.1. The first-order valence-electron chi connectivity index (χ1n) is 7.34. The van der Waals surface area contributed by atoms with Crippen molar-refractivity contribution in [3.8, 4) is 0 Å². The van der Waals surface area contributed by atoms with Crippen molar-refractivity contribution in [1.29, 1.82) is 0 Å². The summed E-state index contributed by atoms with van der Waals surface area (Å²) in [7, 11) is 1.90. The fourth-order valence-corrected chi connectivity index (χ4v) is 2.93. The molecule has 0 radical (unpaired) electrons. The molecule has 0 bridgehead atoms. The summed E-state index contributed by atoms with van der Waals surface area (Å²) in [6.07, 6.45) is 7.57. The van der Waals surface area contributed by atoms with Crippen LogP contribution in [-0.4, -0.2) is 38.4 Å². The SMILES string of the molecule is Cc1cncc(C2CCCN(C(=O)c3cccn3C)C2)n1. The van der Waals surface area contributed by atoms with Gasteiger partial charge in [-0.25, -0.2) is 0 Å². The molecule has 0 spiro atoms. The van der Waals surface area contributed by atoms with Crippen molar-refractivity contribution in [1.82, 2.24) is 19.4 Å². The number of likely N-dealkylation sites (tertiary alicyclic amines) is 1. The first-order valence-corrected chi connectivity index (χ1v) is 7.34. The molecule has 2 aromatic rings. The minimum absolute atomic E-state index is 0.104. The number of piperidine rings is 1. The Morgan fingerprint density at radius 1 is 1.38 bits per heavy atom. The summed E-state index contributed by atoms with van der Waals surface area (Å²) in [6.45, 7) is 3.49. The van der Waals surface area contributed by atoms with Gasteiger partial charge in [0.15, 0.2) is 0 Å². The third-order valence-electron chi connectivity index (χ3n) is 4.06. The van der Waals surface area contributed by atoms with Crippen LogP contribution < -0.4 is 0 Å². The molecule has 0 aliphatic carbocycles. The van der Waals surface area contributed by atoms with Crippen LogP contribution in [0.3, 0.4) is 0 Å². The second-order valence-corrected chi connectivity index (χ2v) is 5.68. The maximum atomic E-state index is 12.6. The van der Waals surface area contributed by atoms with Gasteiger partial charge >= 0.3 is 0 Å². The zero-order valence-electron chi connectivity index (χ0n) is 12.5. The fraction of sp³-hybridized carbons (Fsp3) is 0.438. The van der Waals surface area contributed by atoms with Crippen LogP contribution in [0.25, 0.3) is 0 Å². The van der Waals surface area contributed by atoms with E-state index in [0.29, 0.717) is 0 Å². The topological polar surface area (TPSA) is 51.0 Å². The minimum atomic E-state index is 0.104. The van der Waals surface area contributed by atoms with Gasteiger partial charge in [0.2, 0.25) is 0 Å². The van der Waals surface area contributed by atoms with Crippen molar-refractivity contribution in [3.05, 3.63) is 47.8 Å². The molecule has 21 heavy (non-hydrogen) atoms. The van der Waals surface area contributed by atoms with Crippen LogP contribution in [0.2, 0.25) is 0 Å². The molecule has 1 unspecified atom stereocenters. The number of rotatable bonds is 2. The predicted octanol–water partition coefficient (Wildman–Crippen LogP) is 2.14. The van der Waals surface area contributed by atoms with Crippen molar-refractivity contribution in [3.63, 3.8) is 0 Å². The van der Waals surface area contributed by atoms with Crippen LogP contribution in [0.4, 0.5) is 0 Å². The van der Waals surface area contributed by atoms with Crippen LogP contribution >= 0.6 is 0 Å². The van der Waals surface area contributed by atoms with Crippen LogP contribution in [-0.2, 0) is 7.05 Å². The van der Waals surface area contributed by atoms with Crippen LogP contribution in [0, 0.1) is 6.92 Å². The highest BCUT2D eigenvalue weighted by molar-refractivity contribution is 5.92. The summed E-state index contributed by atoms with van der Waals surface area (Å²) in [5, 5.41) is 0. The Bertz CT molecular complexity index is 649. The molecule has 1 aliphatic rings. The third kappa shape index (κ3) is 2.82. The molecule has 1 aliphatic heterocycles. The minimum Gasteiger partial charge on any atom is -0.347 e. The van der Waals surface area contributed by atoms with E-state index >= 15 is 0 Å². The third-order valence-corrected chi connectivity index (χ3v) is 4.06. The van der Waals surface area contributed by atoms with Gasteiger partial charge in [-0.1, -0.05) is 0 Å². The lowest BCUT2D eigenvalue weighted by atomic mass is 9.94. The maximum Gasteiger partial charge on any atom is 0.270 e. The molecular weight excluding hydrogens is 264 g/mol. The van der Waals surface area contributed by atoms with E-state index in [1.165, 1.54) is 0 Å². The maximum absolute atomic E-state index is 12.6. The molecule has 0 N–H and O–H groups in total. The van der Waals surface area contributed by atoms with E-state index in [9.17, 15) is 4.79 Å². The number of hydrogen-bond acceptors (Lipinski definition) is 3. The zero-order chi connectivity index (χ0) is 14.8. The highest BCUT2D eigenvalue weighted by atomic mass is 16.2. The summed E-state index contributed by atoms with van der Waals surface area (Å²) >= 11 is 0. The molecule has 3 heterocycles. The van der Waals surface area contributed by atoms with E-state index < -0.39 is 0 Å². The van der Waals surface area contributed by atoms with E-state index in [4.69, 9.17) is 0 Å². The van der Waals surface area contributed by atoms with E-state index in [-0.39, 0.29) is 11.8 Å². The second-order valence-electron chi connectivity index (χ2n) is 5.68. The summed E-state index contributed by atoms with van der Waals surface area (Å²) in [5.41, 5.74) is 2.67. The number of amides is 1. The number of carbonyl (C=O) groups is 1. The van der Waals surface area contributed by atoms with Gasteiger partial charge in [0.25, 0.3) is 5.91 Å². The number of aryl methyl sites for hydroxylation is 2. The van der Waals surface area contributed by atoms with Crippen molar-refractivity contribution >= 4 is 5.91 Å². The average Bonchev–Trinajstić information content (AvgIpc) is 2.93. The van der Waals surface area contributed by atoms with E-state index in [2.05, 4.69) is 9.97 Å². The molecule has 0 saturated carbocycles. The van der Waals surface area contributed by atoms with Gasteiger partial charge in [-0.15, -0.1) is 0 Å². The molecule has 1 amide bonds. The average molecular weight is 284 g/mol. The molecular formula is C16H20N4O. The fourth-order valence-electron chi connectivity index (χ4n) is 2.93. The van der Waals surface area contributed by atoms with Gasteiger partial charge in [-0.3, -0.25) is 14.8 Å². The Kier molecular flexibility index (Phi) is 3.73. The van der Waals surface area contributed by atoms with Gasteiger partial charge < -0.3 is 9.47 Å². The second kappa shape index (κ2) is 5.68. The van der Waals surface area contributed by atoms with Crippen LogP contribution in [0.5, 0.6) is 0 Å². The molecule has 110 valence electrons. The van der Waals surface area contributed by atoms with Crippen molar-refractivity contribution in [2.75, 3.05) is 13.1 Å². The van der Waals surface area contributed by atoms with Gasteiger partial charge in [0.1, 0.15) is 5.69 Å². The lowest BCUT2D eigenvalue weighted by molar-refractivity contribution is 0.0696. The lowest BCUT2D eigenvalue weighted by Crippen LogP contribution is -2.40. The smallest absolute Gasteiger partial charge is 0.270 e. The molecule has 3 rings (SSSR count). The Hall–Kier alpha value is -2.17. The summed E-state index contributed by atoms with van der Waals surface area (Å²) < 4.78 is 1.87. The van der Waals surface area contributed by atoms with E-state index in [1.807, 2.05) is 48.0 Å². The molecule has 1 atom stereocenters. The molecule has 5 heteroatoms. The van der Waals surface area contributed by atoms with Gasteiger partial charge in [0.05, 0.1) is 11.4 Å². The Morgan fingerprint density at radius 2 is 2.24 bits per heavy atom. The molecule has 2 aromatic heterocycles. The van der Waals surface area contributed by atoms with Crippen LogP contribution in [0.1, 0.15) is 40.6 Å². The van der Waals surface area contributed by atoms with Gasteiger partial charge in [0, 0.05) is 44.6 Å². The van der Waals surface area contributed by atoms with Crippen molar-refractivity contribution < 1.29 is 4.79 Å². The van der Waals surface area contributed by atoms with E-state index in [0.717, 1.165) is 43.0 Å². The standard InChI is InChI=1S/C16H20N4O/c1-12-9-17-10-14(18-12)13-5-3-8-20(11-13)16(21)15-6-4-7-19(15)2/h4,6-7,9-10,13H,3,5,8,11H2,1-2H3. The lowest BCUT2D eigenvalue weighted by Gasteiger charge is -2.32. The number of nitrogens with zero attached hydrogens (tertiary/aromatic N) is 4. The van der Waals surface area contributed by atoms with Crippen molar-refractivity contribution in [2.24, 2.45) is 7.05 Å². The largest absolute Gasteiger partial charge is 0.347 e. The van der Waals surface area contributed by atoms with Crippen molar-refractivity contribution in [2.45, 2.75) is 25.7 Å². The van der Waals surface area contributed by atoms with E-state index in [1.54, 1.807) is 6.20 Å². The van der Waals surface area contributed by atoms with Gasteiger partial charge in [-0.05, 0) is 31.9 Å². The highest BCUT2D eigenvalue weighted by Gasteiger charge is 2.27. The summed E-state index contributed by atoms with van der Waals surface area (Å²) in [4.78, 5) is 23.3. The monoisotopic (exact) mass is 284 g/mol. The predicted molar refractivity (Wildman–Crippen MR) is 80.1 cm³/mol. The Labute approximate surface area is 124 Å². The number of carbonyl (C=O) groups excluding carboxylic acids is 1. The van der Waals surface area contributed by atoms with Crippen LogP contribution in [0.15, 0.2) is 30.7 Å². The Balaban J connectivity index is 1.77. The summed E-state index contributed by atoms with van der Waals surface area (Å²) in [6, 6.07) is 3.78. The molecule has 5 nitrogen and oxygen atoms in total. The summed E-state index contributed by atoms with van der Waals surface area (Å²) in [5.74, 6) is 0.392.